The Bertz CT molecular complexity index is 271. The molecule has 0 aliphatic heterocycles. The minimum absolute atomic E-state index is 0.426. The van der Waals surface area contributed by atoms with Gasteiger partial charge in [0.25, 0.3) is 0 Å². The van der Waals surface area contributed by atoms with E-state index < -0.39 is 9.76 Å². The van der Waals surface area contributed by atoms with Crippen molar-refractivity contribution in [2.75, 3.05) is 0 Å². The normalized spacial score (nSPS) is 13.1. The van der Waals surface area contributed by atoms with Crippen LogP contribution in [0.15, 0.2) is 43.0 Å². The third-order valence-electron chi connectivity index (χ3n) is 2.48. The fraction of sp³-hybridized carbons (Fsp3) is 0.385. The van der Waals surface area contributed by atoms with Crippen LogP contribution in [0.5, 0.6) is 0 Å². The number of rotatable bonds is 7. The van der Waals surface area contributed by atoms with Crippen LogP contribution in [0.3, 0.4) is 0 Å². The van der Waals surface area contributed by atoms with E-state index in [1.54, 1.807) is 0 Å². The smallest absolute Gasteiger partial charge is 0.192 e. The molecule has 0 saturated carbocycles. The molecule has 0 aromatic heterocycles. The molecule has 0 heterocycles. The Morgan fingerprint density at radius 1 is 1.40 bits per heavy atom. The van der Waals surface area contributed by atoms with Gasteiger partial charge in [0.15, 0.2) is 9.76 Å². The van der Waals surface area contributed by atoms with Gasteiger partial charge in [-0.05, 0) is 24.4 Å². The lowest BCUT2D eigenvalue weighted by molar-refractivity contribution is 0.201. The predicted octanol–water partition coefficient (Wildman–Crippen LogP) is 2.16. The molecule has 1 aromatic rings. The summed E-state index contributed by atoms with van der Waals surface area (Å²) in [6, 6.07) is 10.5. The minimum atomic E-state index is -0.532. The number of hydrogen-bond donors (Lipinski definition) is 0. The molecule has 15 heavy (non-hydrogen) atoms. The van der Waals surface area contributed by atoms with Gasteiger partial charge < -0.3 is 4.43 Å². The summed E-state index contributed by atoms with van der Waals surface area (Å²) >= 11 is 0. The molecule has 0 spiro atoms. The third-order valence-corrected chi connectivity index (χ3v) is 3.92. The summed E-state index contributed by atoms with van der Waals surface area (Å²) in [5, 5.41) is 1.38. The van der Waals surface area contributed by atoms with Crippen LogP contribution in [-0.4, -0.2) is 15.9 Å². The topological polar surface area (TPSA) is 9.23 Å². The molecule has 82 valence electrons. The van der Waals surface area contributed by atoms with Crippen LogP contribution >= 0.6 is 0 Å². The Balaban J connectivity index is 2.31. The molecular weight excluding hydrogens is 200 g/mol. The van der Waals surface area contributed by atoms with Gasteiger partial charge in [-0.15, -0.1) is 6.58 Å². The number of benzene rings is 1. The average Bonchev–Trinajstić information content (AvgIpc) is 2.31. The van der Waals surface area contributed by atoms with Crippen LogP contribution in [-0.2, 0) is 4.43 Å². The average molecular weight is 220 g/mol. The summed E-state index contributed by atoms with van der Waals surface area (Å²) in [7, 11) is -0.532. The van der Waals surface area contributed by atoms with Crippen LogP contribution in [0.25, 0.3) is 0 Å². The van der Waals surface area contributed by atoms with Gasteiger partial charge >= 0.3 is 0 Å². The molecule has 0 N–H and O–H groups in total. The second kappa shape index (κ2) is 7.43. The molecule has 0 bridgehead atoms. The van der Waals surface area contributed by atoms with Gasteiger partial charge in [0, 0.05) is 6.10 Å². The van der Waals surface area contributed by atoms with Gasteiger partial charge in [0.05, 0.1) is 0 Å². The Labute approximate surface area is 95.1 Å². The van der Waals surface area contributed by atoms with E-state index in [-0.39, 0.29) is 0 Å². The molecule has 1 nitrogen and oxygen atoms in total. The maximum atomic E-state index is 5.97. The van der Waals surface area contributed by atoms with Crippen molar-refractivity contribution in [1.82, 2.24) is 0 Å². The Morgan fingerprint density at radius 3 is 2.73 bits per heavy atom. The molecule has 0 fully saturated rings. The Hall–Kier alpha value is -0.863. The summed E-state index contributed by atoms with van der Waals surface area (Å²) in [5.74, 6) is 0. The quantitative estimate of drug-likeness (QED) is 0.505. The Kier molecular flexibility index (Phi) is 6.05. The van der Waals surface area contributed by atoms with E-state index >= 15 is 0 Å². The zero-order valence-corrected chi connectivity index (χ0v) is 10.9. The second-order valence-electron chi connectivity index (χ2n) is 3.69. The van der Waals surface area contributed by atoms with Gasteiger partial charge in [-0.3, -0.25) is 0 Å². The van der Waals surface area contributed by atoms with E-state index in [2.05, 4.69) is 37.8 Å². The van der Waals surface area contributed by atoms with Crippen LogP contribution in [0, 0.1) is 0 Å². The molecule has 0 amide bonds. The van der Waals surface area contributed by atoms with Gasteiger partial charge in [-0.1, -0.05) is 43.3 Å². The maximum Gasteiger partial charge on any atom is 0.192 e. The van der Waals surface area contributed by atoms with E-state index in [0.717, 1.165) is 19.3 Å². The zero-order chi connectivity index (χ0) is 10.9. The van der Waals surface area contributed by atoms with Crippen LogP contribution in [0.2, 0.25) is 0 Å². The molecule has 1 unspecified atom stereocenters. The maximum absolute atomic E-state index is 5.97. The molecule has 2 heteroatoms. The van der Waals surface area contributed by atoms with Gasteiger partial charge in [-0.2, -0.15) is 0 Å². The predicted molar refractivity (Wildman–Crippen MR) is 69.2 cm³/mol. The van der Waals surface area contributed by atoms with Crippen LogP contribution in [0.1, 0.15) is 26.2 Å². The van der Waals surface area contributed by atoms with Crippen molar-refractivity contribution in [3.63, 3.8) is 0 Å². The van der Waals surface area contributed by atoms with Crippen molar-refractivity contribution < 1.29 is 4.43 Å². The van der Waals surface area contributed by atoms with E-state index in [9.17, 15) is 0 Å². The lowest BCUT2D eigenvalue weighted by Gasteiger charge is -2.15. The highest BCUT2D eigenvalue weighted by Crippen LogP contribution is 2.05. The lowest BCUT2D eigenvalue weighted by atomic mass is 10.1. The van der Waals surface area contributed by atoms with Gasteiger partial charge in [-0.25, -0.2) is 0 Å². The van der Waals surface area contributed by atoms with Crippen LogP contribution < -0.4 is 5.19 Å². The van der Waals surface area contributed by atoms with Crippen molar-refractivity contribution in [3.8, 4) is 0 Å². The first-order valence-electron chi connectivity index (χ1n) is 5.63. The first-order chi connectivity index (χ1) is 7.36. The number of allylic oxidation sites excluding steroid dienone is 1. The third kappa shape index (κ3) is 4.95. The summed E-state index contributed by atoms with van der Waals surface area (Å²) in [5.41, 5.74) is 0. The molecule has 0 saturated heterocycles. The second-order valence-corrected chi connectivity index (χ2v) is 5.13. The summed E-state index contributed by atoms with van der Waals surface area (Å²) in [6.45, 7) is 5.93. The van der Waals surface area contributed by atoms with Crippen LogP contribution in [0.4, 0.5) is 0 Å². The van der Waals surface area contributed by atoms with E-state index in [1.165, 1.54) is 5.19 Å². The van der Waals surface area contributed by atoms with Gasteiger partial charge in [0.1, 0.15) is 0 Å². The molecule has 0 aliphatic carbocycles. The molecule has 1 atom stereocenters. The monoisotopic (exact) mass is 220 g/mol. The van der Waals surface area contributed by atoms with Crippen molar-refractivity contribution in [1.29, 1.82) is 0 Å². The van der Waals surface area contributed by atoms with E-state index in [4.69, 9.17) is 4.43 Å². The van der Waals surface area contributed by atoms with Crippen molar-refractivity contribution in [3.05, 3.63) is 43.0 Å². The highest BCUT2D eigenvalue weighted by molar-refractivity contribution is 6.46. The number of hydrogen-bond acceptors (Lipinski definition) is 1. The van der Waals surface area contributed by atoms with E-state index in [1.807, 2.05) is 12.1 Å². The highest BCUT2D eigenvalue weighted by Gasteiger charge is 2.05. The zero-order valence-electron chi connectivity index (χ0n) is 9.49. The molecule has 1 aromatic carbocycles. The summed E-state index contributed by atoms with van der Waals surface area (Å²) in [4.78, 5) is 0. The molecule has 0 radical (unpaired) electrons. The standard InChI is InChI=1S/C13H20OSi/c1-3-5-9-12(4-2)14-15-13-10-7-6-8-11-13/h3,6-8,10-12H,1,4-5,9,15H2,2H3. The Morgan fingerprint density at radius 2 is 2.13 bits per heavy atom. The first-order valence-corrected chi connectivity index (χ1v) is 6.91. The highest BCUT2D eigenvalue weighted by atomic mass is 28.2. The minimum Gasteiger partial charge on any atom is -0.416 e. The lowest BCUT2D eigenvalue weighted by Crippen LogP contribution is -2.23. The van der Waals surface area contributed by atoms with Gasteiger partial charge in [0.2, 0.25) is 0 Å². The van der Waals surface area contributed by atoms with Crippen molar-refractivity contribution >= 4 is 14.9 Å². The van der Waals surface area contributed by atoms with E-state index in [0.29, 0.717) is 6.10 Å². The fourth-order valence-electron chi connectivity index (χ4n) is 1.50. The molecule has 1 rings (SSSR count). The summed E-state index contributed by atoms with van der Waals surface area (Å²) in [6.07, 6.45) is 5.67. The van der Waals surface area contributed by atoms with Crippen molar-refractivity contribution in [2.24, 2.45) is 0 Å². The summed E-state index contributed by atoms with van der Waals surface area (Å²) < 4.78 is 5.97. The largest absolute Gasteiger partial charge is 0.416 e. The molecule has 0 aliphatic rings. The van der Waals surface area contributed by atoms with Crippen molar-refractivity contribution in [2.45, 2.75) is 32.3 Å². The fourth-order valence-corrected chi connectivity index (χ4v) is 2.79. The molecular formula is C13H20OSi. The first kappa shape index (κ1) is 12.2. The SMILES string of the molecule is C=CCCC(CC)O[SiH2]c1ccccc1.